The Morgan fingerprint density at radius 2 is 1.89 bits per heavy atom. The van der Waals surface area contributed by atoms with Gasteiger partial charge in [0.05, 0.1) is 0 Å². The maximum absolute atomic E-state index is 12.0. The molecule has 0 saturated carbocycles. The van der Waals surface area contributed by atoms with Gasteiger partial charge in [-0.3, -0.25) is 14.5 Å². The minimum absolute atomic E-state index is 0.0356. The number of nitrogens with zero attached hydrogens (tertiary/aromatic N) is 2. The number of hydrogen-bond acceptors (Lipinski definition) is 4. The van der Waals surface area contributed by atoms with Gasteiger partial charge in [-0.15, -0.1) is 0 Å². The molecule has 2 atom stereocenters. The van der Waals surface area contributed by atoms with E-state index < -0.39 is 0 Å². The van der Waals surface area contributed by atoms with E-state index in [9.17, 15) is 9.59 Å². The molecule has 18 heavy (non-hydrogen) atoms. The Bertz CT molecular complexity index is 331. The molecule has 2 amide bonds. The summed E-state index contributed by atoms with van der Waals surface area (Å²) in [6.45, 7) is 7.24. The summed E-state index contributed by atoms with van der Waals surface area (Å²) < 4.78 is 0. The average molecular weight is 271 g/mol. The van der Waals surface area contributed by atoms with Crippen molar-refractivity contribution in [2.24, 2.45) is 0 Å². The SMILES string of the molecule is CC1NC(=O)C(C)N(CCN2CCSCC2)C1=O. The maximum Gasteiger partial charge on any atom is 0.245 e. The van der Waals surface area contributed by atoms with Crippen LogP contribution in [0.4, 0.5) is 0 Å². The van der Waals surface area contributed by atoms with Crippen molar-refractivity contribution in [1.29, 1.82) is 0 Å². The molecule has 1 N–H and O–H groups in total. The van der Waals surface area contributed by atoms with Gasteiger partial charge in [0.2, 0.25) is 11.8 Å². The predicted octanol–water partition coefficient (Wildman–Crippen LogP) is -0.229. The van der Waals surface area contributed by atoms with Gasteiger partial charge in [0.25, 0.3) is 0 Å². The minimum Gasteiger partial charge on any atom is -0.343 e. The summed E-state index contributed by atoms with van der Waals surface area (Å²) in [6.07, 6.45) is 0. The zero-order chi connectivity index (χ0) is 13.1. The van der Waals surface area contributed by atoms with Crippen molar-refractivity contribution < 1.29 is 9.59 Å². The molecule has 0 radical (unpaired) electrons. The lowest BCUT2D eigenvalue weighted by Crippen LogP contribution is -2.62. The largest absolute Gasteiger partial charge is 0.343 e. The van der Waals surface area contributed by atoms with Gasteiger partial charge >= 0.3 is 0 Å². The number of hydrogen-bond donors (Lipinski definition) is 1. The number of carbonyl (C=O) groups excluding carboxylic acids is 2. The smallest absolute Gasteiger partial charge is 0.245 e. The highest BCUT2D eigenvalue weighted by atomic mass is 32.2. The van der Waals surface area contributed by atoms with E-state index in [1.54, 1.807) is 18.7 Å². The third kappa shape index (κ3) is 2.98. The monoisotopic (exact) mass is 271 g/mol. The summed E-state index contributed by atoms with van der Waals surface area (Å²) in [6, 6.07) is -0.724. The van der Waals surface area contributed by atoms with Crippen LogP contribution in [0.1, 0.15) is 13.8 Å². The Morgan fingerprint density at radius 3 is 2.56 bits per heavy atom. The number of nitrogens with one attached hydrogen (secondary N) is 1. The van der Waals surface area contributed by atoms with Crippen LogP contribution < -0.4 is 5.32 Å². The molecule has 2 fully saturated rings. The van der Waals surface area contributed by atoms with E-state index in [2.05, 4.69) is 10.2 Å². The first kappa shape index (κ1) is 13.7. The number of amides is 2. The lowest BCUT2D eigenvalue weighted by molar-refractivity contribution is -0.148. The molecule has 0 aromatic heterocycles. The summed E-state index contributed by atoms with van der Waals surface area (Å²) in [5.41, 5.74) is 0. The van der Waals surface area contributed by atoms with Crippen LogP contribution in [0.3, 0.4) is 0 Å². The third-order valence-electron chi connectivity index (χ3n) is 3.62. The number of rotatable bonds is 3. The second-order valence-electron chi connectivity index (χ2n) is 4.89. The molecule has 0 bridgehead atoms. The normalized spacial score (nSPS) is 30.4. The topological polar surface area (TPSA) is 52.7 Å². The van der Waals surface area contributed by atoms with E-state index >= 15 is 0 Å². The molecule has 2 saturated heterocycles. The first-order valence-corrected chi connectivity index (χ1v) is 7.66. The fourth-order valence-electron chi connectivity index (χ4n) is 2.35. The van der Waals surface area contributed by atoms with Crippen LogP contribution in [-0.4, -0.2) is 71.4 Å². The molecular weight excluding hydrogens is 250 g/mol. The molecule has 0 aromatic rings. The molecule has 0 spiro atoms. The summed E-state index contributed by atoms with van der Waals surface area (Å²) >= 11 is 1.98. The highest BCUT2D eigenvalue weighted by molar-refractivity contribution is 7.99. The number of piperazine rings is 1. The van der Waals surface area contributed by atoms with Crippen LogP contribution in [0.15, 0.2) is 0 Å². The second-order valence-corrected chi connectivity index (χ2v) is 6.12. The molecule has 0 aromatic carbocycles. The Hall–Kier alpha value is -0.750. The van der Waals surface area contributed by atoms with Gasteiger partial charge in [0, 0.05) is 37.7 Å². The molecule has 2 aliphatic heterocycles. The fraction of sp³-hybridized carbons (Fsp3) is 0.833. The van der Waals surface area contributed by atoms with Crippen molar-refractivity contribution in [3.05, 3.63) is 0 Å². The van der Waals surface area contributed by atoms with Crippen LogP contribution in [-0.2, 0) is 9.59 Å². The van der Waals surface area contributed by atoms with Crippen molar-refractivity contribution in [2.75, 3.05) is 37.7 Å². The van der Waals surface area contributed by atoms with Crippen LogP contribution in [0.5, 0.6) is 0 Å². The average Bonchev–Trinajstić information content (AvgIpc) is 2.38. The van der Waals surface area contributed by atoms with Gasteiger partial charge < -0.3 is 10.2 Å². The van der Waals surface area contributed by atoms with E-state index in [1.807, 2.05) is 11.8 Å². The van der Waals surface area contributed by atoms with Gasteiger partial charge in [-0.2, -0.15) is 11.8 Å². The Labute approximate surface area is 112 Å². The third-order valence-corrected chi connectivity index (χ3v) is 4.56. The Balaban J connectivity index is 1.89. The van der Waals surface area contributed by atoms with E-state index in [1.165, 1.54) is 11.5 Å². The predicted molar refractivity (Wildman–Crippen MR) is 72.5 cm³/mol. The molecule has 0 aliphatic carbocycles. The van der Waals surface area contributed by atoms with Gasteiger partial charge in [-0.1, -0.05) is 0 Å². The molecule has 2 rings (SSSR count). The molecule has 2 unspecified atom stereocenters. The molecule has 6 heteroatoms. The molecular formula is C12H21N3O2S. The number of carbonyl (C=O) groups is 2. The van der Waals surface area contributed by atoms with Crippen molar-refractivity contribution in [1.82, 2.24) is 15.1 Å². The molecule has 102 valence electrons. The lowest BCUT2D eigenvalue weighted by Gasteiger charge is -2.37. The van der Waals surface area contributed by atoms with E-state index in [-0.39, 0.29) is 23.9 Å². The van der Waals surface area contributed by atoms with Gasteiger partial charge in [-0.25, -0.2) is 0 Å². The van der Waals surface area contributed by atoms with E-state index in [0.717, 1.165) is 19.6 Å². The quantitative estimate of drug-likeness (QED) is 0.770. The van der Waals surface area contributed by atoms with Crippen LogP contribution in [0.2, 0.25) is 0 Å². The zero-order valence-corrected chi connectivity index (χ0v) is 11.8. The fourth-order valence-corrected chi connectivity index (χ4v) is 3.33. The van der Waals surface area contributed by atoms with E-state index in [4.69, 9.17) is 0 Å². The van der Waals surface area contributed by atoms with E-state index in [0.29, 0.717) is 6.54 Å². The summed E-state index contributed by atoms with van der Waals surface area (Å²) in [5, 5.41) is 2.70. The molecule has 2 aliphatic rings. The summed E-state index contributed by atoms with van der Waals surface area (Å²) in [5.74, 6) is 2.32. The first-order chi connectivity index (χ1) is 8.59. The highest BCUT2D eigenvalue weighted by Crippen LogP contribution is 2.12. The Kier molecular flexibility index (Phi) is 4.50. The number of thioether (sulfide) groups is 1. The van der Waals surface area contributed by atoms with Gasteiger partial charge in [0.1, 0.15) is 12.1 Å². The van der Waals surface area contributed by atoms with Crippen molar-refractivity contribution in [3.63, 3.8) is 0 Å². The van der Waals surface area contributed by atoms with Crippen molar-refractivity contribution in [2.45, 2.75) is 25.9 Å². The first-order valence-electron chi connectivity index (χ1n) is 6.50. The van der Waals surface area contributed by atoms with Gasteiger partial charge in [0.15, 0.2) is 0 Å². The summed E-state index contributed by atoms with van der Waals surface area (Å²) in [4.78, 5) is 27.8. The standard InChI is InChI=1S/C12H21N3O2S/c1-9-12(17)15(10(2)11(16)13-9)4-3-14-5-7-18-8-6-14/h9-10H,3-8H2,1-2H3,(H,13,16). The highest BCUT2D eigenvalue weighted by Gasteiger charge is 2.35. The molecule has 5 nitrogen and oxygen atoms in total. The summed E-state index contributed by atoms with van der Waals surface area (Å²) in [7, 11) is 0. The maximum atomic E-state index is 12.0. The van der Waals surface area contributed by atoms with Crippen molar-refractivity contribution in [3.8, 4) is 0 Å². The van der Waals surface area contributed by atoms with Gasteiger partial charge in [-0.05, 0) is 13.8 Å². The second kappa shape index (κ2) is 5.93. The van der Waals surface area contributed by atoms with Crippen LogP contribution in [0, 0.1) is 0 Å². The van der Waals surface area contributed by atoms with Crippen molar-refractivity contribution >= 4 is 23.6 Å². The minimum atomic E-state index is -0.384. The lowest BCUT2D eigenvalue weighted by atomic mass is 10.1. The van der Waals surface area contributed by atoms with Crippen LogP contribution >= 0.6 is 11.8 Å². The molecule has 2 heterocycles. The van der Waals surface area contributed by atoms with Crippen LogP contribution in [0.25, 0.3) is 0 Å². The zero-order valence-electron chi connectivity index (χ0n) is 11.0. The Morgan fingerprint density at radius 1 is 1.22 bits per heavy atom.